The highest BCUT2D eigenvalue weighted by molar-refractivity contribution is 9.10. The molecule has 2 amide bonds. The van der Waals surface area contributed by atoms with Crippen LogP contribution in [0.5, 0.6) is 0 Å². The second-order valence-electron chi connectivity index (χ2n) is 7.09. The van der Waals surface area contributed by atoms with Gasteiger partial charge in [0.1, 0.15) is 0 Å². The number of carbonyl (C=O) groups is 2. The Morgan fingerprint density at radius 1 is 1.15 bits per heavy atom. The van der Waals surface area contributed by atoms with E-state index in [9.17, 15) is 9.59 Å². The summed E-state index contributed by atoms with van der Waals surface area (Å²) < 4.78 is 6.49. The third kappa shape index (κ3) is 3.21. The largest absolute Gasteiger partial charge is 0.372 e. The first-order valence-electron chi connectivity index (χ1n) is 8.83. The number of fused-ring (bicyclic) bond motifs is 3. The number of nitrogens with one attached hydrogen (secondary N) is 1. The van der Waals surface area contributed by atoms with E-state index >= 15 is 0 Å². The van der Waals surface area contributed by atoms with Crippen LogP contribution in [0.15, 0.2) is 34.8 Å². The van der Waals surface area contributed by atoms with Gasteiger partial charge in [-0.05, 0) is 38.1 Å². The van der Waals surface area contributed by atoms with E-state index in [1.54, 1.807) is 6.07 Å². The fourth-order valence-corrected chi connectivity index (χ4v) is 4.28. The molecule has 2 unspecified atom stereocenters. The topological polar surface area (TPSA) is 88.4 Å². The summed E-state index contributed by atoms with van der Waals surface area (Å²) in [5, 5.41) is 1.83. The van der Waals surface area contributed by atoms with Crippen LogP contribution >= 0.6 is 15.9 Å². The van der Waals surface area contributed by atoms with Crippen molar-refractivity contribution in [2.24, 2.45) is 5.73 Å². The van der Waals surface area contributed by atoms with Crippen molar-refractivity contribution in [1.29, 1.82) is 0 Å². The average Bonchev–Trinajstić information content (AvgIpc) is 2.97. The van der Waals surface area contributed by atoms with Gasteiger partial charge >= 0.3 is 0 Å². The number of halogens is 1. The maximum Gasteiger partial charge on any atom is 0.254 e. The molecule has 6 nitrogen and oxygen atoms in total. The number of amides is 2. The van der Waals surface area contributed by atoms with Crippen LogP contribution in [0.25, 0.3) is 21.8 Å². The summed E-state index contributed by atoms with van der Waals surface area (Å²) in [5.41, 5.74) is 8.02. The predicted octanol–water partition coefficient (Wildman–Crippen LogP) is 3.43. The van der Waals surface area contributed by atoms with Gasteiger partial charge in [0.25, 0.3) is 11.8 Å². The van der Waals surface area contributed by atoms with E-state index in [0.717, 1.165) is 20.8 Å². The number of nitrogens with zero attached hydrogens (tertiary/aromatic N) is 1. The van der Waals surface area contributed by atoms with Crippen molar-refractivity contribution in [3.8, 4) is 0 Å². The van der Waals surface area contributed by atoms with Crippen LogP contribution in [0.3, 0.4) is 0 Å². The number of primary amides is 1. The van der Waals surface area contributed by atoms with Gasteiger partial charge in [0.2, 0.25) is 0 Å². The summed E-state index contributed by atoms with van der Waals surface area (Å²) >= 11 is 3.43. The molecule has 1 aromatic heterocycles. The number of benzene rings is 2. The van der Waals surface area contributed by atoms with Gasteiger partial charge in [-0.1, -0.05) is 22.0 Å². The average molecular weight is 430 g/mol. The predicted molar refractivity (Wildman–Crippen MR) is 108 cm³/mol. The lowest BCUT2D eigenvalue weighted by Crippen LogP contribution is -2.48. The lowest BCUT2D eigenvalue weighted by molar-refractivity contribution is -0.0586. The third-order valence-corrected chi connectivity index (χ3v) is 5.35. The van der Waals surface area contributed by atoms with E-state index < -0.39 is 5.91 Å². The summed E-state index contributed by atoms with van der Waals surface area (Å²) in [7, 11) is 0. The van der Waals surface area contributed by atoms with E-state index in [1.165, 1.54) is 0 Å². The van der Waals surface area contributed by atoms with Gasteiger partial charge in [0.15, 0.2) is 0 Å². The molecule has 0 aliphatic carbocycles. The molecule has 1 fully saturated rings. The Kier molecular flexibility index (Phi) is 4.44. The minimum Gasteiger partial charge on any atom is -0.372 e. The Labute approximate surface area is 164 Å². The van der Waals surface area contributed by atoms with Gasteiger partial charge in [-0.2, -0.15) is 0 Å². The summed E-state index contributed by atoms with van der Waals surface area (Å²) in [5.74, 6) is -0.519. The summed E-state index contributed by atoms with van der Waals surface area (Å²) in [6.45, 7) is 5.10. The van der Waals surface area contributed by atoms with Crippen molar-refractivity contribution in [3.63, 3.8) is 0 Å². The maximum atomic E-state index is 13.0. The quantitative estimate of drug-likeness (QED) is 0.653. The van der Waals surface area contributed by atoms with Crippen LogP contribution < -0.4 is 5.73 Å². The molecule has 2 atom stereocenters. The number of morpholine rings is 1. The van der Waals surface area contributed by atoms with Crippen molar-refractivity contribution >= 4 is 49.6 Å². The minimum absolute atomic E-state index is 0.0185. The van der Waals surface area contributed by atoms with Crippen LogP contribution in [0.4, 0.5) is 0 Å². The molecule has 1 aliphatic heterocycles. The number of carbonyl (C=O) groups excluding carboxylic acids is 2. The van der Waals surface area contributed by atoms with Crippen molar-refractivity contribution in [1.82, 2.24) is 9.88 Å². The highest BCUT2D eigenvalue weighted by Crippen LogP contribution is 2.31. The van der Waals surface area contributed by atoms with E-state index in [1.807, 2.05) is 43.0 Å². The van der Waals surface area contributed by atoms with Gasteiger partial charge < -0.3 is 20.4 Å². The van der Waals surface area contributed by atoms with Crippen LogP contribution in [-0.4, -0.2) is 47.0 Å². The second kappa shape index (κ2) is 6.65. The molecule has 140 valence electrons. The zero-order valence-electron chi connectivity index (χ0n) is 15.1. The molecule has 0 bridgehead atoms. The Morgan fingerprint density at radius 3 is 2.52 bits per heavy atom. The Balaban J connectivity index is 1.78. The van der Waals surface area contributed by atoms with Gasteiger partial charge in [0, 0.05) is 39.4 Å². The number of aromatic amines is 1. The first-order valence-corrected chi connectivity index (χ1v) is 9.62. The molecule has 1 saturated heterocycles. The van der Waals surface area contributed by atoms with E-state index in [-0.39, 0.29) is 18.1 Å². The van der Waals surface area contributed by atoms with Crippen LogP contribution in [0.2, 0.25) is 0 Å². The van der Waals surface area contributed by atoms with Gasteiger partial charge in [-0.25, -0.2) is 0 Å². The number of aromatic nitrogens is 1. The molecule has 7 heteroatoms. The summed E-state index contributed by atoms with van der Waals surface area (Å²) in [4.78, 5) is 29.8. The number of H-pyrrole nitrogens is 1. The number of hydrogen-bond acceptors (Lipinski definition) is 3. The maximum absolute atomic E-state index is 13.0. The van der Waals surface area contributed by atoms with Crippen molar-refractivity contribution in [3.05, 3.63) is 45.9 Å². The Bertz CT molecular complexity index is 1070. The van der Waals surface area contributed by atoms with Crippen LogP contribution in [0, 0.1) is 0 Å². The molecule has 3 N–H and O–H groups in total. The standard InChI is InChI=1S/C20H20BrN3O3/c1-10-8-24(9-11(2)27-10)20(26)12-3-4-14-15-6-13(21)7-16(19(22)25)18(15)23-17(14)5-12/h3-7,10-11,23H,8-9H2,1-2H3,(H2,22,25). The fraction of sp³-hybridized carbons (Fsp3) is 0.300. The highest BCUT2D eigenvalue weighted by Gasteiger charge is 2.27. The van der Waals surface area contributed by atoms with E-state index in [2.05, 4.69) is 20.9 Å². The molecular formula is C20H20BrN3O3. The molecule has 0 radical (unpaired) electrons. The normalized spacial score (nSPS) is 20.3. The number of rotatable bonds is 2. The lowest BCUT2D eigenvalue weighted by atomic mass is 10.1. The van der Waals surface area contributed by atoms with Crippen LogP contribution in [0.1, 0.15) is 34.6 Å². The minimum atomic E-state index is -0.500. The van der Waals surface area contributed by atoms with Crippen LogP contribution in [-0.2, 0) is 4.74 Å². The smallest absolute Gasteiger partial charge is 0.254 e. The molecule has 2 aromatic carbocycles. The Hall–Kier alpha value is -2.38. The number of nitrogens with two attached hydrogens (primary N) is 1. The second-order valence-corrected chi connectivity index (χ2v) is 8.01. The van der Waals surface area contributed by atoms with Gasteiger partial charge in [0.05, 0.1) is 23.3 Å². The third-order valence-electron chi connectivity index (χ3n) is 4.89. The molecule has 4 rings (SSSR count). The molecule has 3 aromatic rings. The monoisotopic (exact) mass is 429 g/mol. The van der Waals surface area contributed by atoms with E-state index in [0.29, 0.717) is 29.7 Å². The van der Waals surface area contributed by atoms with Gasteiger partial charge in [-0.3, -0.25) is 9.59 Å². The number of ether oxygens (including phenoxy) is 1. The molecule has 0 saturated carbocycles. The first kappa shape index (κ1) is 18.0. The first-order chi connectivity index (χ1) is 12.8. The van der Waals surface area contributed by atoms with Crippen molar-refractivity contribution in [2.75, 3.05) is 13.1 Å². The van der Waals surface area contributed by atoms with Crippen molar-refractivity contribution in [2.45, 2.75) is 26.1 Å². The zero-order chi connectivity index (χ0) is 19.3. The molecule has 0 spiro atoms. The van der Waals surface area contributed by atoms with E-state index in [4.69, 9.17) is 10.5 Å². The molecule has 2 heterocycles. The molecular weight excluding hydrogens is 410 g/mol. The summed E-state index contributed by atoms with van der Waals surface area (Å²) in [6, 6.07) is 9.21. The van der Waals surface area contributed by atoms with Crippen molar-refractivity contribution < 1.29 is 14.3 Å². The molecule has 27 heavy (non-hydrogen) atoms. The number of hydrogen-bond donors (Lipinski definition) is 2. The summed E-state index contributed by atoms with van der Waals surface area (Å²) in [6.07, 6.45) is 0.0370. The Morgan fingerprint density at radius 2 is 1.85 bits per heavy atom. The van der Waals surface area contributed by atoms with Gasteiger partial charge in [-0.15, -0.1) is 0 Å². The SMILES string of the molecule is CC1CN(C(=O)c2ccc3c(c2)[nH]c2c(C(N)=O)cc(Br)cc23)CC(C)O1. The fourth-order valence-electron chi connectivity index (χ4n) is 3.82. The zero-order valence-corrected chi connectivity index (χ0v) is 16.7. The highest BCUT2D eigenvalue weighted by atomic mass is 79.9. The lowest BCUT2D eigenvalue weighted by Gasteiger charge is -2.35. The molecule has 1 aliphatic rings.